The van der Waals surface area contributed by atoms with Gasteiger partial charge in [0.05, 0.1) is 18.1 Å². The second-order valence-electron chi connectivity index (χ2n) is 10.9. The lowest BCUT2D eigenvalue weighted by atomic mass is 9.72. The molecule has 6 nitrogen and oxygen atoms in total. The number of nitrogens with zero attached hydrogens (tertiary/aromatic N) is 1. The molecule has 0 spiro atoms. The Hall–Kier alpha value is -1.92. The summed E-state index contributed by atoms with van der Waals surface area (Å²) in [4.78, 5) is 27.1. The van der Waals surface area contributed by atoms with Crippen LogP contribution in [0.5, 0.6) is 0 Å². The van der Waals surface area contributed by atoms with Gasteiger partial charge in [-0.3, -0.25) is 14.5 Å². The van der Waals surface area contributed by atoms with Gasteiger partial charge in [0.15, 0.2) is 0 Å². The molecular weight excluding hydrogens is 404 g/mol. The van der Waals surface area contributed by atoms with Crippen molar-refractivity contribution in [1.82, 2.24) is 10.2 Å². The Balaban J connectivity index is 1.67. The van der Waals surface area contributed by atoms with Crippen molar-refractivity contribution in [3.63, 3.8) is 0 Å². The summed E-state index contributed by atoms with van der Waals surface area (Å²) in [7, 11) is 0. The third-order valence-corrected chi connectivity index (χ3v) is 6.98. The molecule has 5 atom stereocenters. The van der Waals surface area contributed by atoms with Gasteiger partial charge < -0.3 is 15.5 Å². The number of aliphatic carboxylic acids is 1. The van der Waals surface area contributed by atoms with E-state index in [0.29, 0.717) is 24.8 Å². The number of aliphatic hydroxyl groups excluding tert-OH is 1. The number of hydrogen-bond acceptors (Lipinski definition) is 4. The number of rotatable bonds is 8. The van der Waals surface area contributed by atoms with Gasteiger partial charge >= 0.3 is 5.97 Å². The van der Waals surface area contributed by atoms with E-state index in [4.69, 9.17) is 0 Å². The number of piperidine rings is 1. The van der Waals surface area contributed by atoms with Crippen LogP contribution in [0.25, 0.3) is 0 Å². The van der Waals surface area contributed by atoms with Gasteiger partial charge in [-0.2, -0.15) is 0 Å². The lowest BCUT2D eigenvalue weighted by Gasteiger charge is -2.46. The molecule has 1 saturated heterocycles. The number of carboxylic acids is 1. The van der Waals surface area contributed by atoms with Gasteiger partial charge in [0.2, 0.25) is 5.91 Å². The van der Waals surface area contributed by atoms with E-state index in [0.717, 1.165) is 18.5 Å². The van der Waals surface area contributed by atoms with E-state index < -0.39 is 18.0 Å². The monoisotopic (exact) mass is 444 g/mol. The molecule has 1 aliphatic carbocycles. The second kappa shape index (κ2) is 10.8. The summed E-state index contributed by atoms with van der Waals surface area (Å²) in [5, 5.41) is 23.7. The van der Waals surface area contributed by atoms with Gasteiger partial charge in [0.1, 0.15) is 0 Å². The largest absolute Gasteiger partial charge is 0.481 e. The Labute approximate surface area is 192 Å². The summed E-state index contributed by atoms with van der Waals surface area (Å²) in [6, 6.07) is 9.29. The summed E-state index contributed by atoms with van der Waals surface area (Å²) < 4.78 is 0. The highest BCUT2D eigenvalue weighted by Crippen LogP contribution is 2.39. The maximum atomic E-state index is 13.1. The SMILES string of the molecule is CC(C)(C)NC(=O)[C@@H]1C[C@@H]2CCCC[C@@H]2CN1C[C@H](O)C[C@@H](Cc1ccccc1)C(=O)O. The first-order valence-electron chi connectivity index (χ1n) is 12.1. The summed E-state index contributed by atoms with van der Waals surface area (Å²) >= 11 is 0. The van der Waals surface area contributed by atoms with Crippen LogP contribution in [-0.4, -0.2) is 57.8 Å². The molecule has 1 saturated carbocycles. The number of nitrogens with one attached hydrogen (secondary N) is 1. The minimum absolute atomic E-state index is 0.0211. The molecule has 1 aliphatic heterocycles. The summed E-state index contributed by atoms with van der Waals surface area (Å²) in [5.41, 5.74) is 0.645. The fourth-order valence-electron chi connectivity index (χ4n) is 5.47. The van der Waals surface area contributed by atoms with Crippen LogP contribution in [0, 0.1) is 17.8 Å². The summed E-state index contributed by atoms with van der Waals surface area (Å²) in [6.45, 7) is 7.09. The molecule has 2 fully saturated rings. The number of carboxylic acid groups (broad SMARTS) is 1. The lowest BCUT2D eigenvalue weighted by molar-refractivity contribution is -0.143. The Bertz CT molecular complexity index is 761. The first-order chi connectivity index (χ1) is 15.1. The van der Waals surface area contributed by atoms with E-state index in [-0.39, 0.29) is 23.9 Å². The molecule has 178 valence electrons. The normalized spacial score (nSPS) is 26.1. The highest BCUT2D eigenvalue weighted by molar-refractivity contribution is 5.82. The third-order valence-electron chi connectivity index (χ3n) is 6.98. The van der Waals surface area contributed by atoms with Crippen LogP contribution in [0.3, 0.4) is 0 Å². The van der Waals surface area contributed by atoms with Crippen molar-refractivity contribution in [2.24, 2.45) is 17.8 Å². The molecule has 3 N–H and O–H groups in total. The Morgan fingerprint density at radius 3 is 2.41 bits per heavy atom. The second-order valence-corrected chi connectivity index (χ2v) is 10.9. The van der Waals surface area contributed by atoms with Gasteiger partial charge in [-0.25, -0.2) is 0 Å². The Kier molecular flexibility index (Phi) is 8.34. The zero-order valence-electron chi connectivity index (χ0n) is 19.8. The maximum absolute atomic E-state index is 13.1. The van der Waals surface area contributed by atoms with Gasteiger partial charge in [-0.15, -0.1) is 0 Å². The molecule has 0 unspecified atom stereocenters. The molecule has 3 rings (SSSR count). The fraction of sp³-hybridized carbons (Fsp3) is 0.692. The predicted octanol–water partition coefficient (Wildman–Crippen LogP) is 3.48. The maximum Gasteiger partial charge on any atom is 0.306 e. The number of carbonyl (C=O) groups is 2. The van der Waals surface area contributed by atoms with E-state index in [2.05, 4.69) is 10.2 Å². The van der Waals surface area contributed by atoms with Crippen molar-refractivity contribution < 1.29 is 19.8 Å². The van der Waals surface area contributed by atoms with Crippen molar-refractivity contribution in [3.8, 4) is 0 Å². The smallest absolute Gasteiger partial charge is 0.306 e. The molecule has 0 bridgehead atoms. The van der Waals surface area contributed by atoms with Crippen molar-refractivity contribution in [2.45, 2.75) is 83.4 Å². The average molecular weight is 445 g/mol. The minimum atomic E-state index is -0.888. The zero-order chi connectivity index (χ0) is 23.3. The number of β-amino-alcohol motifs (C(OH)–C–C–N with tert-alkyl or cyclic N) is 1. The number of carbonyl (C=O) groups excluding carboxylic acids is 1. The van der Waals surface area contributed by atoms with Crippen LogP contribution in [-0.2, 0) is 16.0 Å². The highest BCUT2D eigenvalue weighted by Gasteiger charge is 2.41. The molecule has 0 aromatic heterocycles. The first-order valence-corrected chi connectivity index (χ1v) is 12.1. The van der Waals surface area contributed by atoms with Gasteiger partial charge in [0, 0.05) is 18.6 Å². The molecule has 32 heavy (non-hydrogen) atoms. The van der Waals surface area contributed by atoms with Gasteiger partial charge in [-0.05, 0) is 63.9 Å². The molecule has 6 heteroatoms. The van der Waals surface area contributed by atoms with Crippen LogP contribution in [0.1, 0.15) is 64.9 Å². The molecule has 1 amide bonds. The highest BCUT2D eigenvalue weighted by atomic mass is 16.4. The van der Waals surface area contributed by atoms with Crippen LogP contribution in [0.15, 0.2) is 30.3 Å². The van der Waals surface area contributed by atoms with Gasteiger partial charge in [-0.1, -0.05) is 49.6 Å². The third kappa shape index (κ3) is 7.04. The van der Waals surface area contributed by atoms with Crippen molar-refractivity contribution in [3.05, 3.63) is 35.9 Å². The van der Waals surface area contributed by atoms with Crippen molar-refractivity contribution in [1.29, 1.82) is 0 Å². The van der Waals surface area contributed by atoms with Crippen molar-refractivity contribution in [2.75, 3.05) is 13.1 Å². The van der Waals surface area contributed by atoms with E-state index in [1.807, 2.05) is 51.1 Å². The standard InChI is InChI=1S/C26H40N2O4/c1-26(2,3)27-24(30)23-15-19-11-7-8-12-20(19)16-28(23)17-22(29)14-21(25(31)32)13-18-9-5-4-6-10-18/h4-6,9-10,19-23,29H,7-8,11-17H2,1-3H3,(H,27,30)(H,31,32)/t19-,20+,21+,22+,23-/m0/s1. The lowest BCUT2D eigenvalue weighted by Crippen LogP contribution is -2.58. The molecular formula is C26H40N2O4. The first kappa shape index (κ1) is 24.7. The number of aliphatic hydroxyl groups is 1. The van der Waals surface area contributed by atoms with E-state index in [1.165, 1.54) is 25.7 Å². The number of likely N-dealkylation sites (tertiary alicyclic amines) is 1. The molecule has 1 aromatic rings. The van der Waals surface area contributed by atoms with E-state index in [9.17, 15) is 19.8 Å². The van der Waals surface area contributed by atoms with Crippen LogP contribution in [0.4, 0.5) is 0 Å². The van der Waals surface area contributed by atoms with E-state index in [1.54, 1.807) is 0 Å². The average Bonchev–Trinajstić information content (AvgIpc) is 2.72. The van der Waals surface area contributed by atoms with Gasteiger partial charge in [0.25, 0.3) is 0 Å². The topological polar surface area (TPSA) is 89.9 Å². The Morgan fingerprint density at radius 2 is 1.78 bits per heavy atom. The number of amides is 1. The number of hydrogen-bond donors (Lipinski definition) is 3. The predicted molar refractivity (Wildman–Crippen MR) is 125 cm³/mol. The van der Waals surface area contributed by atoms with Crippen LogP contribution < -0.4 is 5.32 Å². The number of fused-ring (bicyclic) bond motifs is 1. The summed E-state index contributed by atoms with van der Waals surface area (Å²) in [5.74, 6) is -0.387. The molecule has 0 radical (unpaired) electrons. The molecule has 1 heterocycles. The van der Waals surface area contributed by atoms with E-state index >= 15 is 0 Å². The van der Waals surface area contributed by atoms with Crippen LogP contribution >= 0.6 is 0 Å². The Morgan fingerprint density at radius 1 is 1.12 bits per heavy atom. The number of benzene rings is 1. The molecule has 1 aromatic carbocycles. The fourth-order valence-corrected chi connectivity index (χ4v) is 5.47. The minimum Gasteiger partial charge on any atom is -0.481 e. The summed E-state index contributed by atoms with van der Waals surface area (Å²) in [6.07, 6.45) is 5.44. The quantitative estimate of drug-likeness (QED) is 0.571. The molecule has 2 aliphatic rings. The van der Waals surface area contributed by atoms with Crippen LogP contribution in [0.2, 0.25) is 0 Å². The zero-order valence-corrected chi connectivity index (χ0v) is 19.8. The van der Waals surface area contributed by atoms with Crippen molar-refractivity contribution >= 4 is 11.9 Å².